The number of hydrogen-bond acceptors (Lipinski definition) is 4. The van der Waals surface area contributed by atoms with Crippen LogP contribution in [0.4, 0.5) is 0 Å². The molecule has 3 rings (SSSR count). The molecule has 1 aromatic heterocycles. The molecule has 4 nitrogen and oxygen atoms in total. The Hall–Kier alpha value is -3.01. The van der Waals surface area contributed by atoms with E-state index in [2.05, 4.69) is 4.98 Å². The van der Waals surface area contributed by atoms with Crippen LogP contribution in [0.2, 0.25) is 0 Å². The molecule has 0 aliphatic carbocycles. The highest BCUT2D eigenvalue weighted by Gasteiger charge is 2.06. The Morgan fingerprint density at radius 1 is 0.917 bits per heavy atom. The van der Waals surface area contributed by atoms with E-state index in [1.165, 1.54) is 0 Å². The van der Waals surface area contributed by atoms with Gasteiger partial charge in [-0.3, -0.25) is 0 Å². The van der Waals surface area contributed by atoms with Crippen LogP contribution in [0.3, 0.4) is 0 Å². The molecule has 0 saturated carbocycles. The fourth-order valence-corrected chi connectivity index (χ4v) is 2.05. The quantitative estimate of drug-likeness (QED) is 0.631. The van der Waals surface area contributed by atoms with Crippen LogP contribution in [0.1, 0.15) is 8.29 Å². The molecule has 0 spiro atoms. The number of benzene rings is 2. The molecule has 122 valence electrons. The van der Waals surface area contributed by atoms with Crippen LogP contribution < -0.4 is 14.2 Å². The van der Waals surface area contributed by atoms with Crippen LogP contribution in [-0.2, 0) is 0 Å². The summed E-state index contributed by atoms with van der Waals surface area (Å²) in [4.78, 5) is 4.12. The number of pyridine rings is 1. The van der Waals surface area contributed by atoms with Gasteiger partial charge in [-0.1, -0.05) is 24.2 Å². The molecule has 3 aromatic rings. The van der Waals surface area contributed by atoms with E-state index in [4.69, 9.17) is 15.6 Å². The van der Waals surface area contributed by atoms with Crippen molar-refractivity contribution in [2.24, 2.45) is 0 Å². The Kier molecular flexibility index (Phi) is 4.87. The van der Waals surface area contributed by atoms with Gasteiger partial charge in [0.05, 0.1) is 1.37 Å². The average molecular weight is 323 g/mol. The second kappa shape index (κ2) is 8.02. The fraction of sp³-hybridized carbons (Fsp3) is 0.150. The Morgan fingerprint density at radius 3 is 2.33 bits per heavy atom. The van der Waals surface area contributed by atoms with E-state index in [0.29, 0.717) is 30.0 Å². The molecule has 1 unspecified atom stereocenters. The van der Waals surface area contributed by atoms with Crippen molar-refractivity contribution in [3.8, 4) is 23.1 Å². The van der Waals surface area contributed by atoms with Crippen molar-refractivity contribution in [2.75, 3.05) is 6.61 Å². The van der Waals surface area contributed by atoms with Crippen molar-refractivity contribution in [1.29, 1.82) is 0 Å². The van der Waals surface area contributed by atoms with Gasteiger partial charge < -0.3 is 14.2 Å². The summed E-state index contributed by atoms with van der Waals surface area (Å²) in [5.74, 6) is 2.73. The second-order valence-corrected chi connectivity index (χ2v) is 5.22. The lowest BCUT2D eigenvalue weighted by Crippen LogP contribution is -2.21. The zero-order valence-electron chi connectivity index (χ0n) is 14.4. The lowest BCUT2D eigenvalue weighted by atomic mass is 10.3. The number of ether oxygens (including phenoxy) is 3. The van der Waals surface area contributed by atoms with Gasteiger partial charge in [0.1, 0.15) is 30.0 Å². The summed E-state index contributed by atoms with van der Waals surface area (Å²) >= 11 is 0. The van der Waals surface area contributed by atoms with Crippen molar-refractivity contribution in [2.45, 2.75) is 13.0 Å². The van der Waals surface area contributed by atoms with Gasteiger partial charge in [-0.15, -0.1) is 0 Å². The lowest BCUT2D eigenvalue weighted by molar-refractivity contribution is 0.138. The first-order valence-corrected chi connectivity index (χ1v) is 7.74. The number of hydrogen-bond donors (Lipinski definition) is 0. The molecular formula is C20H19NO3. The highest BCUT2D eigenvalue weighted by atomic mass is 16.5. The number of para-hydroxylation sites is 1. The van der Waals surface area contributed by atoms with Gasteiger partial charge in [0.2, 0.25) is 5.88 Å². The predicted octanol–water partition coefficient (Wildman–Crippen LogP) is 4.72. The van der Waals surface area contributed by atoms with Crippen LogP contribution in [0.25, 0.3) is 0 Å². The van der Waals surface area contributed by atoms with Crippen molar-refractivity contribution < 1.29 is 15.6 Å². The third-order valence-electron chi connectivity index (χ3n) is 3.19. The van der Waals surface area contributed by atoms with E-state index in [1.54, 1.807) is 30.5 Å². The summed E-state index contributed by atoms with van der Waals surface area (Å²) in [5, 5.41) is 0. The normalized spacial score (nSPS) is 12.1. The number of nitrogens with zero attached hydrogens (tertiary/aromatic N) is 1. The number of aromatic nitrogens is 1. The zero-order chi connectivity index (χ0) is 17.5. The first-order chi connectivity index (χ1) is 12.2. The van der Waals surface area contributed by atoms with Gasteiger partial charge >= 0.3 is 0 Å². The molecule has 0 bridgehead atoms. The zero-order valence-corrected chi connectivity index (χ0v) is 13.4. The molecule has 1 atom stereocenters. The van der Waals surface area contributed by atoms with Gasteiger partial charge in [-0.05, 0) is 49.4 Å². The van der Waals surface area contributed by atoms with E-state index in [0.717, 1.165) is 5.75 Å². The van der Waals surface area contributed by atoms with E-state index in [9.17, 15) is 0 Å². The molecule has 0 amide bonds. The maximum Gasteiger partial charge on any atom is 0.213 e. The third kappa shape index (κ3) is 4.74. The maximum atomic E-state index is 7.46. The molecule has 2 aromatic carbocycles. The molecule has 4 heteroatoms. The van der Waals surface area contributed by atoms with Crippen LogP contribution in [0, 0.1) is 0 Å². The minimum absolute atomic E-state index is 0.116. The van der Waals surface area contributed by atoms with E-state index >= 15 is 0 Å². The summed E-state index contributed by atoms with van der Waals surface area (Å²) in [5.41, 5.74) is 0. The summed E-state index contributed by atoms with van der Waals surface area (Å²) in [7, 11) is 0. The Bertz CT molecular complexity index is 776. The number of rotatable bonds is 7. The molecule has 0 aliphatic heterocycles. The summed E-state index contributed by atoms with van der Waals surface area (Å²) in [6.45, 7) is 2.35. The molecule has 0 saturated heterocycles. The summed E-state index contributed by atoms with van der Waals surface area (Å²) in [6.07, 6.45) is 1.58. The van der Waals surface area contributed by atoms with E-state index in [1.807, 2.05) is 49.4 Å². The molecule has 0 N–H and O–H groups in total. The molecule has 24 heavy (non-hydrogen) atoms. The van der Waals surface area contributed by atoms with Crippen LogP contribution in [0.15, 0.2) is 79.0 Å². The topological polar surface area (TPSA) is 40.6 Å². The van der Waals surface area contributed by atoms with Crippen molar-refractivity contribution in [3.63, 3.8) is 0 Å². The Morgan fingerprint density at radius 2 is 1.62 bits per heavy atom. The minimum Gasteiger partial charge on any atom is -0.490 e. The van der Waals surface area contributed by atoms with Crippen molar-refractivity contribution >= 4 is 0 Å². The van der Waals surface area contributed by atoms with Gasteiger partial charge in [-0.2, -0.15) is 0 Å². The smallest absolute Gasteiger partial charge is 0.213 e. The monoisotopic (exact) mass is 323 g/mol. The molecule has 0 fully saturated rings. The molecule has 0 radical (unpaired) electrons. The average Bonchev–Trinajstić information content (AvgIpc) is 2.64. The first kappa shape index (κ1) is 14.6. The van der Waals surface area contributed by atoms with Gasteiger partial charge in [0, 0.05) is 12.3 Å². The molecule has 0 aliphatic rings. The first-order valence-electron chi connectivity index (χ1n) is 8.24. The highest BCUT2D eigenvalue weighted by Crippen LogP contribution is 2.23. The fourth-order valence-electron chi connectivity index (χ4n) is 2.05. The summed E-state index contributed by atoms with van der Waals surface area (Å²) in [6, 6.07) is 20.3. The van der Waals surface area contributed by atoms with Crippen LogP contribution in [-0.4, -0.2) is 17.7 Å². The Balaban J connectivity index is 1.49. The molecule has 1 heterocycles. The standard InChI is InChI=1S/C20H19NO3/c1-16(23-20-9-5-6-14-21-20)15-22-17-10-12-19(13-11-17)24-18-7-3-2-4-8-18/h2-14,16H,15H2,1H3/i2T. The van der Waals surface area contributed by atoms with Crippen LogP contribution >= 0.6 is 0 Å². The largest absolute Gasteiger partial charge is 0.490 e. The maximum absolute atomic E-state index is 7.46. The van der Waals surface area contributed by atoms with E-state index < -0.39 is 0 Å². The third-order valence-corrected chi connectivity index (χ3v) is 3.19. The second-order valence-electron chi connectivity index (χ2n) is 5.22. The van der Waals surface area contributed by atoms with Crippen molar-refractivity contribution in [3.05, 3.63) is 79.0 Å². The minimum atomic E-state index is -0.116. The van der Waals surface area contributed by atoms with Crippen LogP contribution in [0.5, 0.6) is 23.1 Å². The van der Waals surface area contributed by atoms with Gasteiger partial charge in [0.25, 0.3) is 0 Å². The summed E-state index contributed by atoms with van der Waals surface area (Å²) < 4.78 is 24.6. The van der Waals surface area contributed by atoms with Crippen molar-refractivity contribution in [1.82, 2.24) is 4.98 Å². The lowest BCUT2D eigenvalue weighted by Gasteiger charge is -2.15. The van der Waals surface area contributed by atoms with E-state index in [-0.39, 0.29) is 6.10 Å². The van der Waals surface area contributed by atoms with Gasteiger partial charge in [0.15, 0.2) is 0 Å². The Labute approximate surface area is 143 Å². The predicted molar refractivity (Wildman–Crippen MR) is 92.8 cm³/mol. The highest BCUT2D eigenvalue weighted by molar-refractivity contribution is 5.35. The molecular weight excluding hydrogens is 302 g/mol. The van der Waals surface area contributed by atoms with Gasteiger partial charge in [-0.25, -0.2) is 4.98 Å². The SMILES string of the molecule is [3H]c1ccc(Oc2ccc(OCC(C)Oc3ccccn3)cc2)cc1.